The highest BCUT2D eigenvalue weighted by Gasteiger charge is 2.29. The molecule has 2 aromatic carbocycles. The first-order chi connectivity index (χ1) is 16.6. The molecule has 2 aromatic heterocycles. The summed E-state index contributed by atoms with van der Waals surface area (Å²) >= 11 is 15.3. The predicted octanol–water partition coefficient (Wildman–Crippen LogP) is 8.43. The van der Waals surface area contributed by atoms with Crippen molar-refractivity contribution in [3.8, 4) is 27.5 Å². The van der Waals surface area contributed by atoms with Gasteiger partial charge in [0.1, 0.15) is 5.82 Å². The third kappa shape index (κ3) is 5.26. The molecule has 0 bridgehead atoms. The van der Waals surface area contributed by atoms with Crippen LogP contribution in [0.15, 0.2) is 46.7 Å². The first-order valence-electron chi connectivity index (χ1n) is 10.8. The third-order valence-electron chi connectivity index (χ3n) is 5.08. The fraction of sp³-hybridized carbons (Fsp3) is 0.240. The van der Waals surface area contributed by atoms with Gasteiger partial charge in [-0.3, -0.25) is 0 Å². The van der Waals surface area contributed by atoms with Gasteiger partial charge >= 0.3 is 5.97 Å². The van der Waals surface area contributed by atoms with Gasteiger partial charge in [-0.25, -0.2) is 14.2 Å². The lowest BCUT2D eigenvalue weighted by molar-refractivity contribution is 0.0688. The van der Waals surface area contributed by atoms with Crippen LogP contribution in [0.1, 0.15) is 49.8 Å². The number of hydrogen-bond donors (Lipinski definition) is 1. The molecule has 10 heteroatoms. The molecule has 0 unspecified atom stereocenters. The minimum Gasteiger partial charge on any atom is -0.476 e. The summed E-state index contributed by atoms with van der Waals surface area (Å²) in [6.45, 7) is 7.98. The van der Waals surface area contributed by atoms with E-state index in [2.05, 4.69) is 18.9 Å². The van der Waals surface area contributed by atoms with Gasteiger partial charge < -0.3 is 5.11 Å². The number of carboxylic acid groups (broad SMARTS) is 1. The van der Waals surface area contributed by atoms with E-state index in [9.17, 15) is 14.3 Å². The Morgan fingerprint density at radius 3 is 2.43 bits per heavy atom. The average molecular weight is 551 g/mol. The van der Waals surface area contributed by atoms with Crippen molar-refractivity contribution in [2.45, 2.75) is 43.1 Å². The molecule has 2 heterocycles. The van der Waals surface area contributed by atoms with Gasteiger partial charge in [-0.15, -0.1) is 11.8 Å². The second kappa shape index (κ2) is 10.3. The molecule has 0 aliphatic heterocycles. The SMILES string of the molecule is CC(C)Sc1sc(-n2nc(C(C)C)c(-c3cccc(F)c3)c2C(=O)O)nc1-c1ccc(Cl)c(Cl)c1. The average Bonchev–Trinajstić information content (AvgIpc) is 3.37. The summed E-state index contributed by atoms with van der Waals surface area (Å²) in [7, 11) is 0. The Hall–Kier alpha value is -2.39. The topological polar surface area (TPSA) is 68.0 Å². The van der Waals surface area contributed by atoms with Crippen molar-refractivity contribution in [2.75, 3.05) is 0 Å². The first-order valence-corrected chi connectivity index (χ1v) is 13.3. The summed E-state index contributed by atoms with van der Waals surface area (Å²) < 4.78 is 16.3. The van der Waals surface area contributed by atoms with Crippen molar-refractivity contribution >= 4 is 52.3 Å². The quantitative estimate of drug-likeness (QED) is 0.234. The zero-order valence-corrected chi connectivity index (χ0v) is 22.5. The molecule has 0 aliphatic carbocycles. The first kappa shape index (κ1) is 25.7. The van der Waals surface area contributed by atoms with Crippen LogP contribution in [0.2, 0.25) is 10.0 Å². The maximum absolute atomic E-state index is 14.1. The van der Waals surface area contributed by atoms with Crippen LogP contribution in [0.4, 0.5) is 4.39 Å². The molecule has 0 saturated heterocycles. The summed E-state index contributed by atoms with van der Waals surface area (Å²) in [6, 6.07) is 11.2. The molecule has 0 atom stereocenters. The number of halogens is 3. The number of thioether (sulfide) groups is 1. The van der Waals surface area contributed by atoms with Crippen molar-refractivity contribution < 1.29 is 14.3 Å². The minimum absolute atomic E-state index is 0.0603. The highest BCUT2D eigenvalue weighted by Crippen LogP contribution is 2.42. The smallest absolute Gasteiger partial charge is 0.355 e. The molecule has 4 rings (SSSR count). The Morgan fingerprint density at radius 1 is 1.09 bits per heavy atom. The molecular weight excluding hydrogens is 528 g/mol. The third-order valence-corrected chi connectivity index (χ3v) is 8.06. The zero-order chi connectivity index (χ0) is 25.4. The van der Waals surface area contributed by atoms with E-state index >= 15 is 0 Å². The normalized spacial score (nSPS) is 11.6. The Labute approximate surface area is 220 Å². The molecule has 1 N–H and O–H groups in total. The van der Waals surface area contributed by atoms with E-state index in [0.29, 0.717) is 37.7 Å². The van der Waals surface area contributed by atoms with Gasteiger partial charge in [0, 0.05) is 16.4 Å². The molecule has 0 fully saturated rings. The molecule has 182 valence electrons. The number of thiazole rings is 1. The van der Waals surface area contributed by atoms with E-state index < -0.39 is 11.8 Å². The number of benzene rings is 2. The van der Waals surface area contributed by atoms with Crippen molar-refractivity contribution in [3.05, 3.63) is 69.7 Å². The molecule has 5 nitrogen and oxygen atoms in total. The van der Waals surface area contributed by atoms with Gasteiger partial charge in [0.15, 0.2) is 5.69 Å². The lowest BCUT2D eigenvalue weighted by Crippen LogP contribution is -2.09. The van der Waals surface area contributed by atoms with Crippen LogP contribution in [0.25, 0.3) is 27.5 Å². The van der Waals surface area contributed by atoms with E-state index in [1.807, 2.05) is 19.9 Å². The van der Waals surface area contributed by atoms with E-state index in [1.54, 1.807) is 36.0 Å². The largest absolute Gasteiger partial charge is 0.476 e. The van der Waals surface area contributed by atoms with Gasteiger partial charge in [-0.2, -0.15) is 9.78 Å². The van der Waals surface area contributed by atoms with Gasteiger partial charge in [0.05, 0.1) is 25.6 Å². The number of hydrogen-bond acceptors (Lipinski definition) is 5. The molecular formula is C25H22Cl2FN3O2S2. The highest BCUT2D eigenvalue weighted by atomic mass is 35.5. The summed E-state index contributed by atoms with van der Waals surface area (Å²) in [5, 5.41) is 16.4. The molecule has 0 spiro atoms. The van der Waals surface area contributed by atoms with Crippen LogP contribution in [0, 0.1) is 5.82 Å². The summed E-state index contributed by atoms with van der Waals surface area (Å²) in [5.74, 6) is -1.73. The van der Waals surface area contributed by atoms with Crippen LogP contribution < -0.4 is 0 Å². The lowest BCUT2D eigenvalue weighted by atomic mass is 9.97. The molecule has 0 amide bonds. The number of aromatic nitrogens is 3. The number of rotatable bonds is 7. The fourth-order valence-corrected chi connectivity index (χ4v) is 6.39. The zero-order valence-electron chi connectivity index (χ0n) is 19.3. The Kier molecular flexibility index (Phi) is 7.57. The van der Waals surface area contributed by atoms with Gasteiger partial charge in [-0.1, -0.05) is 80.4 Å². The fourth-order valence-electron chi connectivity index (χ4n) is 3.61. The number of nitrogens with zero attached hydrogens (tertiary/aromatic N) is 3. The number of aromatic carboxylic acids is 1. The van der Waals surface area contributed by atoms with Crippen LogP contribution in [0.3, 0.4) is 0 Å². The summed E-state index contributed by atoms with van der Waals surface area (Å²) in [4.78, 5) is 17.3. The van der Waals surface area contributed by atoms with Gasteiger partial charge in [0.2, 0.25) is 5.13 Å². The summed E-state index contributed by atoms with van der Waals surface area (Å²) in [6.07, 6.45) is 0. The minimum atomic E-state index is -1.17. The lowest BCUT2D eigenvalue weighted by Gasteiger charge is -2.07. The van der Waals surface area contributed by atoms with Crippen LogP contribution in [-0.2, 0) is 0 Å². The van der Waals surface area contributed by atoms with Crippen molar-refractivity contribution in [1.82, 2.24) is 14.8 Å². The van der Waals surface area contributed by atoms with Crippen molar-refractivity contribution in [3.63, 3.8) is 0 Å². The van der Waals surface area contributed by atoms with Crippen molar-refractivity contribution in [2.24, 2.45) is 0 Å². The monoisotopic (exact) mass is 549 g/mol. The van der Waals surface area contributed by atoms with E-state index in [4.69, 9.17) is 28.2 Å². The van der Waals surface area contributed by atoms with Crippen molar-refractivity contribution in [1.29, 1.82) is 0 Å². The molecule has 0 saturated carbocycles. The maximum Gasteiger partial charge on any atom is 0.355 e. The molecule has 35 heavy (non-hydrogen) atoms. The van der Waals surface area contributed by atoms with Gasteiger partial charge in [0.25, 0.3) is 0 Å². The molecule has 0 radical (unpaired) electrons. The van der Waals surface area contributed by atoms with E-state index in [-0.39, 0.29) is 16.9 Å². The van der Waals surface area contributed by atoms with E-state index in [0.717, 1.165) is 9.77 Å². The molecule has 0 aliphatic rings. The maximum atomic E-state index is 14.1. The van der Waals surface area contributed by atoms with E-state index in [1.165, 1.54) is 28.2 Å². The van der Waals surface area contributed by atoms with Crippen LogP contribution >= 0.6 is 46.3 Å². The standard InChI is InChI=1S/C25H22Cl2FN3O2S2/c1-12(2)20-19(14-6-5-7-16(28)10-14)22(23(32)33)31(30-20)25-29-21(24(35-25)34-13(3)4)15-8-9-17(26)18(27)11-15/h5-13H,1-4H3,(H,32,33). The van der Waals surface area contributed by atoms with Crippen LogP contribution in [0.5, 0.6) is 0 Å². The Bertz CT molecular complexity index is 1420. The number of carboxylic acids is 1. The second-order valence-electron chi connectivity index (χ2n) is 8.42. The Balaban J connectivity index is 1.97. The second-order valence-corrected chi connectivity index (χ2v) is 12.1. The van der Waals surface area contributed by atoms with Crippen LogP contribution in [-0.4, -0.2) is 31.1 Å². The number of carbonyl (C=O) groups is 1. The predicted molar refractivity (Wildman–Crippen MR) is 142 cm³/mol. The highest BCUT2D eigenvalue weighted by molar-refractivity contribution is 8.01. The molecule has 4 aromatic rings. The van der Waals surface area contributed by atoms with Gasteiger partial charge in [-0.05, 0) is 35.7 Å². The summed E-state index contributed by atoms with van der Waals surface area (Å²) in [5.41, 5.74) is 2.77. The Morgan fingerprint density at radius 2 is 1.83 bits per heavy atom.